The Bertz CT molecular complexity index is 756. The van der Waals surface area contributed by atoms with Crippen LogP contribution in [-0.2, 0) is 0 Å². The van der Waals surface area contributed by atoms with Crippen LogP contribution < -0.4 is 10.2 Å². The SMILES string of the molecule is O=C(c1cc(NC2CCCCC2)ncn1)N1CCN(c2ncccn2)CC1. The molecule has 2 aromatic heterocycles. The molecule has 1 aliphatic heterocycles. The van der Waals surface area contributed by atoms with Gasteiger partial charge < -0.3 is 15.1 Å². The molecule has 2 aromatic rings. The third-order valence-corrected chi connectivity index (χ3v) is 5.25. The molecule has 0 atom stereocenters. The summed E-state index contributed by atoms with van der Waals surface area (Å²) in [4.78, 5) is 33.8. The van der Waals surface area contributed by atoms with Gasteiger partial charge in [0.25, 0.3) is 5.91 Å². The van der Waals surface area contributed by atoms with E-state index in [1.807, 2.05) is 4.90 Å². The molecular weight excluding hydrogens is 342 g/mol. The number of hydrogen-bond acceptors (Lipinski definition) is 7. The maximum atomic E-state index is 12.8. The first-order chi connectivity index (χ1) is 13.3. The van der Waals surface area contributed by atoms with Gasteiger partial charge in [-0.05, 0) is 18.9 Å². The second-order valence-electron chi connectivity index (χ2n) is 7.10. The molecule has 27 heavy (non-hydrogen) atoms. The lowest BCUT2D eigenvalue weighted by molar-refractivity contribution is 0.0740. The largest absolute Gasteiger partial charge is 0.367 e. The number of aromatic nitrogens is 4. The quantitative estimate of drug-likeness (QED) is 0.884. The Balaban J connectivity index is 1.36. The second-order valence-corrected chi connectivity index (χ2v) is 7.10. The second kappa shape index (κ2) is 8.28. The van der Waals surface area contributed by atoms with E-state index in [1.54, 1.807) is 24.5 Å². The fourth-order valence-electron chi connectivity index (χ4n) is 3.74. The van der Waals surface area contributed by atoms with Gasteiger partial charge in [0.1, 0.15) is 17.8 Å². The Labute approximate surface area is 159 Å². The van der Waals surface area contributed by atoms with Crippen molar-refractivity contribution in [3.8, 4) is 0 Å². The van der Waals surface area contributed by atoms with Gasteiger partial charge in [-0.25, -0.2) is 19.9 Å². The zero-order valence-electron chi connectivity index (χ0n) is 15.4. The normalized spacial score (nSPS) is 18.4. The van der Waals surface area contributed by atoms with Crippen LogP contribution in [0.25, 0.3) is 0 Å². The molecule has 0 unspecified atom stereocenters. The highest BCUT2D eigenvalue weighted by Gasteiger charge is 2.24. The van der Waals surface area contributed by atoms with Gasteiger partial charge in [0.05, 0.1) is 0 Å². The molecule has 1 saturated heterocycles. The number of anilines is 2. The summed E-state index contributed by atoms with van der Waals surface area (Å²) >= 11 is 0. The number of carbonyl (C=O) groups excluding carboxylic acids is 1. The van der Waals surface area contributed by atoms with Crippen molar-refractivity contribution in [2.45, 2.75) is 38.1 Å². The van der Waals surface area contributed by atoms with Crippen LogP contribution in [0.2, 0.25) is 0 Å². The first-order valence-corrected chi connectivity index (χ1v) is 9.69. The predicted octanol–water partition coefficient (Wildman–Crippen LogP) is 1.97. The Hall–Kier alpha value is -2.77. The monoisotopic (exact) mass is 367 g/mol. The zero-order chi connectivity index (χ0) is 18.5. The highest BCUT2D eigenvalue weighted by atomic mass is 16.2. The fourth-order valence-corrected chi connectivity index (χ4v) is 3.74. The van der Waals surface area contributed by atoms with Gasteiger partial charge in [0.2, 0.25) is 5.95 Å². The van der Waals surface area contributed by atoms with E-state index in [2.05, 4.69) is 30.2 Å². The van der Waals surface area contributed by atoms with E-state index in [1.165, 1.54) is 25.6 Å². The maximum absolute atomic E-state index is 12.8. The minimum atomic E-state index is -0.0438. The first-order valence-electron chi connectivity index (χ1n) is 9.69. The predicted molar refractivity (Wildman–Crippen MR) is 103 cm³/mol. The number of amides is 1. The summed E-state index contributed by atoms with van der Waals surface area (Å²) in [5, 5.41) is 3.46. The minimum absolute atomic E-state index is 0.0438. The number of nitrogens with zero attached hydrogens (tertiary/aromatic N) is 6. The van der Waals surface area contributed by atoms with Gasteiger partial charge in [-0.1, -0.05) is 19.3 Å². The number of carbonyl (C=O) groups is 1. The van der Waals surface area contributed by atoms with Crippen LogP contribution in [0.15, 0.2) is 30.9 Å². The molecule has 0 spiro atoms. The lowest BCUT2D eigenvalue weighted by Gasteiger charge is -2.34. The van der Waals surface area contributed by atoms with Crippen molar-refractivity contribution >= 4 is 17.7 Å². The molecule has 142 valence electrons. The van der Waals surface area contributed by atoms with Crippen LogP contribution in [0.5, 0.6) is 0 Å². The molecule has 8 heteroatoms. The van der Waals surface area contributed by atoms with E-state index >= 15 is 0 Å². The topological polar surface area (TPSA) is 87.1 Å². The molecule has 0 aromatic carbocycles. The molecule has 0 bridgehead atoms. The molecule has 3 heterocycles. The van der Waals surface area contributed by atoms with Gasteiger partial charge >= 0.3 is 0 Å². The Morgan fingerprint density at radius 1 is 0.963 bits per heavy atom. The Morgan fingerprint density at radius 3 is 2.44 bits per heavy atom. The summed E-state index contributed by atoms with van der Waals surface area (Å²) in [7, 11) is 0. The van der Waals surface area contributed by atoms with E-state index in [-0.39, 0.29) is 5.91 Å². The Kier molecular flexibility index (Phi) is 5.41. The van der Waals surface area contributed by atoms with Crippen molar-refractivity contribution in [1.82, 2.24) is 24.8 Å². The van der Waals surface area contributed by atoms with Gasteiger partial charge in [0, 0.05) is 50.7 Å². The molecule has 2 fully saturated rings. The molecule has 4 rings (SSSR count). The molecule has 8 nitrogen and oxygen atoms in total. The third-order valence-electron chi connectivity index (χ3n) is 5.25. The van der Waals surface area contributed by atoms with Gasteiger partial charge in [-0.3, -0.25) is 4.79 Å². The maximum Gasteiger partial charge on any atom is 0.272 e. The van der Waals surface area contributed by atoms with Crippen LogP contribution in [0.4, 0.5) is 11.8 Å². The number of nitrogens with one attached hydrogen (secondary N) is 1. The Morgan fingerprint density at radius 2 is 1.70 bits per heavy atom. The van der Waals surface area contributed by atoms with E-state index in [4.69, 9.17) is 0 Å². The number of hydrogen-bond donors (Lipinski definition) is 1. The lowest BCUT2D eigenvalue weighted by atomic mass is 9.95. The lowest BCUT2D eigenvalue weighted by Crippen LogP contribution is -2.49. The van der Waals surface area contributed by atoms with Gasteiger partial charge in [0.15, 0.2) is 0 Å². The van der Waals surface area contributed by atoms with Crippen molar-refractivity contribution in [3.05, 3.63) is 36.5 Å². The summed E-state index contributed by atoms with van der Waals surface area (Å²) in [6.45, 7) is 2.70. The number of rotatable bonds is 4. The molecule has 1 N–H and O–H groups in total. The van der Waals surface area contributed by atoms with Crippen molar-refractivity contribution < 1.29 is 4.79 Å². The van der Waals surface area contributed by atoms with Crippen molar-refractivity contribution in [1.29, 1.82) is 0 Å². The molecule has 1 amide bonds. The summed E-state index contributed by atoms with van der Waals surface area (Å²) in [6.07, 6.45) is 11.1. The van der Waals surface area contributed by atoms with E-state index < -0.39 is 0 Å². The molecular formula is C19H25N7O. The summed E-state index contributed by atoms with van der Waals surface area (Å²) in [6, 6.07) is 4.03. The first kappa shape index (κ1) is 17.6. The molecule has 0 radical (unpaired) electrons. The van der Waals surface area contributed by atoms with Crippen molar-refractivity contribution in [2.24, 2.45) is 0 Å². The molecule has 1 saturated carbocycles. The van der Waals surface area contributed by atoms with Crippen LogP contribution >= 0.6 is 0 Å². The van der Waals surface area contributed by atoms with Gasteiger partial charge in [-0.15, -0.1) is 0 Å². The standard InChI is InChI=1S/C19H25N7O/c27-18(25-9-11-26(12-10-25)19-20-7-4-8-21-19)16-13-17(23-14-22-16)24-15-5-2-1-3-6-15/h4,7-8,13-15H,1-3,5-6,9-12H2,(H,22,23,24). The zero-order valence-corrected chi connectivity index (χ0v) is 15.4. The van der Waals surface area contributed by atoms with Crippen molar-refractivity contribution in [2.75, 3.05) is 36.4 Å². The van der Waals surface area contributed by atoms with E-state index in [0.29, 0.717) is 43.9 Å². The fraction of sp³-hybridized carbons (Fsp3) is 0.526. The third kappa shape index (κ3) is 4.32. The van der Waals surface area contributed by atoms with E-state index in [9.17, 15) is 4.79 Å². The molecule has 1 aliphatic carbocycles. The van der Waals surface area contributed by atoms with Crippen LogP contribution in [-0.4, -0.2) is 63.0 Å². The number of piperazine rings is 1. The summed E-state index contributed by atoms with van der Waals surface area (Å²) in [5.41, 5.74) is 0.452. The van der Waals surface area contributed by atoms with Crippen LogP contribution in [0, 0.1) is 0 Å². The van der Waals surface area contributed by atoms with Crippen molar-refractivity contribution in [3.63, 3.8) is 0 Å². The van der Waals surface area contributed by atoms with Crippen LogP contribution in [0.3, 0.4) is 0 Å². The highest BCUT2D eigenvalue weighted by Crippen LogP contribution is 2.21. The van der Waals surface area contributed by atoms with Gasteiger partial charge in [-0.2, -0.15) is 0 Å². The average Bonchev–Trinajstić information content (AvgIpc) is 2.75. The van der Waals surface area contributed by atoms with E-state index in [0.717, 1.165) is 18.7 Å². The average molecular weight is 367 g/mol. The van der Waals surface area contributed by atoms with Crippen LogP contribution in [0.1, 0.15) is 42.6 Å². The highest BCUT2D eigenvalue weighted by molar-refractivity contribution is 5.93. The summed E-state index contributed by atoms with van der Waals surface area (Å²) < 4.78 is 0. The molecule has 2 aliphatic rings. The summed E-state index contributed by atoms with van der Waals surface area (Å²) in [5.74, 6) is 1.42. The smallest absolute Gasteiger partial charge is 0.272 e. The minimum Gasteiger partial charge on any atom is -0.367 e.